The van der Waals surface area contributed by atoms with Crippen LogP contribution in [0, 0.1) is 5.92 Å². The molecule has 0 amide bonds. The smallest absolute Gasteiger partial charge is 0.0595 e. The van der Waals surface area contributed by atoms with Crippen LogP contribution >= 0.6 is 23.2 Å². The van der Waals surface area contributed by atoms with Gasteiger partial charge in [0.15, 0.2) is 0 Å². The molecule has 20 heavy (non-hydrogen) atoms. The number of likely N-dealkylation sites (N-methyl/N-ethyl adjacent to an activating group) is 1. The second kappa shape index (κ2) is 7.65. The van der Waals surface area contributed by atoms with Crippen LogP contribution in [0.25, 0.3) is 0 Å². The zero-order chi connectivity index (χ0) is 14.5. The molecule has 1 atom stereocenters. The zero-order valence-corrected chi connectivity index (χ0v) is 13.7. The number of rotatable bonds is 7. The van der Waals surface area contributed by atoms with Crippen molar-refractivity contribution in [3.63, 3.8) is 0 Å². The molecule has 1 aliphatic carbocycles. The molecule has 1 aromatic rings. The van der Waals surface area contributed by atoms with E-state index in [0.717, 1.165) is 18.9 Å². The van der Waals surface area contributed by atoms with Gasteiger partial charge in [-0.1, -0.05) is 29.3 Å². The topological polar surface area (TPSA) is 21.3 Å². The average Bonchev–Trinajstić information content (AvgIpc) is 2.39. The Morgan fingerprint density at radius 2 is 2.05 bits per heavy atom. The van der Waals surface area contributed by atoms with Gasteiger partial charge in [0.2, 0.25) is 0 Å². The second-order valence-electron chi connectivity index (χ2n) is 5.59. The second-order valence-corrected chi connectivity index (χ2v) is 6.40. The maximum absolute atomic E-state index is 6.07. The summed E-state index contributed by atoms with van der Waals surface area (Å²) in [6.45, 7) is 2.89. The van der Waals surface area contributed by atoms with Crippen LogP contribution in [0.15, 0.2) is 18.2 Å². The molecular weight excluding hydrogens is 293 g/mol. The van der Waals surface area contributed by atoms with Crippen LogP contribution in [0.4, 0.5) is 0 Å². The molecule has 4 heteroatoms. The molecule has 0 bridgehead atoms. The van der Waals surface area contributed by atoms with Gasteiger partial charge in [0.05, 0.1) is 16.1 Å². The summed E-state index contributed by atoms with van der Waals surface area (Å²) in [5.41, 5.74) is 1.24. The molecule has 0 saturated heterocycles. The molecule has 0 spiro atoms. The Balaban J connectivity index is 1.82. The van der Waals surface area contributed by atoms with Crippen molar-refractivity contribution in [3.8, 4) is 0 Å². The van der Waals surface area contributed by atoms with E-state index in [1.807, 2.05) is 19.2 Å². The van der Waals surface area contributed by atoms with Crippen molar-refractivity contribution in [2.45, 2.75) is 44.8 Å². The number of hydrogen-bond acceptors (Lipinski definition) is 2. The molecule has 1 unspecified atom stereocenters. The Morgan fingerprint density at radius 3 is 2.65 bits per heavy atom. The molecule has 1 aromatic carbocycles. The minimum atomic E-state index is 0.486. The lowest BCUT2D eigenvalue weighted by Gasteiger charge is -2.37. The molecule has 0 radical (unpaired) electrons. The minimum absolute atomic E-state index is 0.486. The molecule has 1 saturated carbocycles. The predicted molar refractivity (Wildman–Crippen MR) is 85.8 cm³/mol. The van der Waals surface area contributed by atoms with Gasteiger partial charge in [-0.25, -0.2) is 0 Å². The van der Waals surface area contributed by atoms with Gasteiger partial charge in [0, 0.05) is 12.6 Å². The SMILES string of the molecule is CCOC1CC(CC(Cc2ccc(Cl)c(Cl)c2)NC)C1. The molecule has 0 aromatic heterocycles. The van der Waals surface area contributed by atoms with Crippen molar-refractivity contribution in [3.05, 3.63) is 33.8 Å². The summed E-state index contributed by atoms with van der Waals surface area (Å²) in [7, 11) is 2.03. The summed E-state index contributed by atoms with van der Waals surface area (Å²) in [6, 6.07) is 6.39. The fourth-order valence-electron chi connectivity index (χ4n) is 2.90. The Hall–Kier alpha value is -0.280. The van der Waals surface area contributed by atoms with Crippen molar-refractivity contribution in [2.75, 3.05) is 13.7 Å². The summed E-state index contributed by atoms with van der Waals surface area (Å²) >= 11 is 12.0. The normalized spacial score (nSPS) is 23.4. The van der Waals surface area contributed by atoms with Crippen LogP contribution in [-0.2, 0) is 11.2 Å². The van der Waals surface area contributed by atoms with Crippen molar-refractivity contribution in [1.29, 1.82) is 0 Å². The maximum Gasteiger partial charge on any atom is 0.0595 e. The summed E-state index contributed by atoms with van der Waals surface area (Å²) < 4.78 is 5.62. The van der Waals surface area contributed by atoms with E-state index in [1.165, 1.54) is 24.8 Å². The first-order valence-corrected chi connectivity index (χ1v) is 8.10. The van der Waals surface area contributed by atoms with Crippen molar-refractivity contribution >= 4 is 23.2 Å². The lowest BCUT2D eigenvalue weighted by molar-refractivity contribution is -0.0288. The summed E-state index contributed by atoms with van der Waals surface area (Å²) in [5.74, 6) is 0.784. The Morgan fingerprint density at radius 1 is 1.30 bits per heavy atom. The van der Waals surface area contributed by atoms with E-state index in [-0.39, 0.29) is 0 Å². The Bertz CT molecular complexity index is 432. The maximum atomic E-state index is 6.07. The fourth-order valence-corrected chi connectivity index (χ4v) is 3.22. The highest BCUT2D eigenvalue weighted by molar-refractivity contribution is 6.42. The van der Waals surface area contributed by atoms with Gasteiger partial charge < -0.3 is 10.1 Å². The van der Waals surface area contributed by atoms with Gasteiger partial charge in [0.1, 0.15) is 0 Å². The monoisotopic (exact) mass is 315 g/mol. The lowest BCUT2D eigenvalue weighted by Crippen LogP contribution is -2.38. The molecular formula is C16H23Cl2NO. The van der Waals surface area contributed by atoms with Gasteiger partial charge in [0.25, 0.3) is 0 Å². The molecule has 1 aliphatic rings. The van der Waals surface area contributed by atoms with E-state index < -0.39 is 0 Å². The Kier molecular flexibility index (Phi) is 6.16. The number of benzene rings is 1. The zero-order valence-electron chi connectivity index (χ0n) is 12.2. The molecule has 0 heterocycles. The molecule has 2 rings (SSSR count). The molecule has 112 valence electrons. The molecule has 0 aliphatic heterocycles. The first-order chi connectivity index (χ1) is 9.62. The lowest BCUT2D eigenvalue weighted by atomic mass is 9.77. The van der Waals surface area contributed by atoms with Crippen molar-refractivity contribution in [1.82, 2.24) is 5.32 Å². The fraction of sp³-hybridized carbons (Fsp3) is 0.625. The number of ether oxygens (including phenoxy) is 1. The quantitative estimate of drug-likeness (QED) is 0.808. The van der Waals surface area contributed by atoms with Gasteiger partial charge in [-0.2, -0.15) is 0 Å². The van der Waals surface area contributed by atoms with E-state index >= 15 is 0 Å². The van der Waals surface area contributed by atoms with Gasteiger partial charge in [-0.05, 0) is 63.3 Å². The van der Waals surface area contributed by atoms with Crippen LogP contribution in [0.2, 0.25) is 10.0 Å². The minimum Gasteiger partial charge on any atom is -0.378 e. The third-order valence-corrected chi connectivity index (χ3v) is 4.83. The van der Waals surface area contributed by atoms with Crippen molar-refractivity contribution in [2.24, 2.45) is 5.92 Å². The third-order valence-electron chi connectivity index (χ3n) is 4.09. The first kappa shape index (κ1) is 16.1. The largest absolute Gasteiger partial charge is 0.378 e. The highest BCUT2D eigenvalue weighted by Crippen LogP contribution is 2.34. The van der Waals surface area contributed by atoms with Crippen LogP contribution in [0.3, 0.4) is 0 Å². The van der Waals surface area contributed by atoms with E-state index in [4.69, 9.17) is 27.9 Å². The van der Waals surface area contributed by atoms with Gasteiger partial charge in [-0.3, -0.25) is 0 Å². The van der Waals surface area contributed by atoms with Gasteiger partial charge >= 0.3 is 0 Å². The van der Waals surface area contributed by atoms with Crippen LogP contribution in [-0.4, -0.2) is 25.8 Å². The van der Waals surface area contributed by atoms with Crippen LogP contribution in [0.5, 0.6) is 0 Å². The van der Waals surface area contributed by atoms with E-state index in [0.29, 0.717) is 22.2 Å². The molecule has 1 N–H and O–H groups in total. The highest BCUT2D eigenvalue weighted by atomic mass is 35.5. The number of hydrogen-bond donors (Lipinski definition) is 1. The van der Waals surface area contributed by atoms with Gasteiger partial charge in [-0.15, -0.1) is 0 Å². The predicted octanol–water partition coefficient (Wildman–Crippen LogP) is 4.33. The van der Waals surface area contributed by atoms with E-state index in [1.54, 1.807) is 0 Å². The number of halogens is 2. The summed E-state index contributed by atoms with van der Waals surface area (Å²) in [4.78, 5) is 0. The summed E-state index contributed by atoms with van der Waals surface area (Å²) in [6.07, 6.45) is 5.08. The van der Waals surface area contributed by atoms with Crippen LogP contribution in [0.1, 0.15) is 31.7 Å². The third kappa shape index (κ3) is 4.36. The van der Waals surface area contributed by atoms with Crippen LogP contribution < -0.4 is 5.32 Å². The highest BCUT2D eigenvalue weighted by Gasteiger charge is 2.31. The van der Waals surface area contributed by atoms with E-state index in [2.05, 4.69) is 18.3 Å². The van der Waals surface area contributed by atoms with E-state index in [9.17, 15) is 0 Å². The average molecular weight is 316 g/mol. The Labute approximate surface area is 131 Å². The standard InChI is InChI=1S/C16H23Cl2NO/c1-3-20-14-8-12(9-14)7-13(19-2)6-11-4-5-15(17)16(18)10-11/h4-5,10,12-14,19H,3,6-9H2,1-2H3. The molecule has 1 fully saturated rings. The number of nitrogens with one attached hydrogen (secondary N) is 1. The first-order valence-electron chi connectivity index (χ1n) is 7.35. The molecule has 2 nitrogen and oxygen atoms in total. The summed E-state index contributed by atoms with van der Waals surface area (Å²) in [5, 5.41) is 4.67. The van der Waals surface area contributed by atoms with Crippen molar-refractivity contribution < 1.29 is 4.74 Å².